The molecule has 0 unspecified atom stereocenters. The number of nitrogens with two attached hydrogens (primary N) is 1. The molecule has 108 valence electrons. The monoisotopic (exact) mass is 264 g/mol. The van der Waals surface area contributed by atoms with Crippen LogP contribution in [0.2, 0.25) is 0 Å². The third-order valence-electron chi connectivity index (χ3n) is 2.43. The second kappa shape index (κ2) is 10.4. The lowest BCUT2D eigenvalue weighted by molar-refractivity contribution is 0.227. The average molecular weight is 264 g/mol. The molecule has 1 aliphatic heterocycles. The van der Waals surface area contributed by atoms with Crippen LogP contribution in [-0.4, -0.2) is 18.1 Å². The van der Waals surface area contributed by atoms with Crippen LogP contribution in [0, 0.1) is 0 Å². The lowest BCUT2D eigenvalue weighted by atomic mass is 10.2. The van der Waals surface area contributed by atoms with Crippen molar-refractivity contribution in [1.29, 1.82) is 0 Å². The van der Waals surface area contributed by atoms with Gasteiger partial charge < -0.3 is 15.4 Å². The van der Waals surface area contributed by atoms with E-state index in [1.54, 1.807) is 0 Å². The van der Waals surface area contributed by atoms with Gasteiger partial charge in [0.2, 0.25) is 0 Å². The second-order valence-corrected chi connectivity index (χ2v) is 4.13. The fourth-order valence-electron chi connectivity index (χ4n) is 1.61. The fraction of sp³-hybridized carbons (Fsp3) is 0.500. The highest BCUT2D eigenvalue weighted by atomic mass is 16.5. The van der Waals surface area contributed by atoms with Crippen molar-refractivity contribution in [2.75, 3.05) is 13.2 Å². The van der Waals surface area contributed by atoms with E-state index in [4.69, 9.17) is 10.5 Å². The molecule has 3 heteroatoms. The molecule has 1 rings (SSSR count). The quantitative estimate of drug-likeness (QED) is 0.790. The molecular weight excluding hydrogens is 236 g/mol. The van der Waals surface area contributed by atoms with Crippen LogP contribution >= 0.6 is 0 Å². The molecule has 0 radical (unpaired) electrons. The molecule has 0 saturated carbocycles. The molecule has 0 atom stereocenters. The molecule has 0 aromatic rings. The molecule has 19 heavy (non-hydrogen) atoms. The largest absolute Gasteiger partial charge is 0.491 e. The van der Waals surface area contributed by atoms with Crippen LogP contribution in [0.5, 0.6) is 0 Å². The van der Waals surface area contributed by atoms with Gasteiger partial charge in [0.25, 0.3) is 0 Å². The summed E-state index contributed by atoms with van der Waals surface area (Å²) in [5.41, 5.74) is 7.69. The lowest BCUT2D eigenvalue weighted by Crippen LogP contribution is -2.14. The molecule has 1 heterocycles. The molecule has 0 aliphatic carbocycles. The van der Waals surface area contributed by atoms with Crippen molar-refractivity contribution >= 4 is 0 Å². The summed E-state index contributed by atoms with van der Waals surface area (Å²) in [7, 11) is 0. The maximum atomic E-state index is 5.49. The number of rotatable bonds is 6. The summed E-state index contributed by atoms with van der Waals surface area (Å²) >= 11 is 0. The van der Waals surface area contributed by atoms with Crippen molar-refractivity contribution in [3.05, 3.63) is 48.2 Å². The van der Waals surface area contributed by atoms with E-state index in [1.165, 1.54) is 5.57 Å². The molecule has 3 nitrogen and oxygen atoms in total. The van der Waals surface area contributed by atoms with Gasteiger partial charge in [0, 0.05) is 18.4 Å². The topological polar surface area (TPSA) is 38.5 Å². The highest BCUT2D eigenvalue weighted by molar-refractivity contribution is 5.31. The number of allylic oxidation sites excluding steroid dienone is 3. The molecule has 0 aromatic carbocycles. The summed E-state index contributed by atoms with van der Waals surface area (Å²) in [5.74, 6) is 0.823. The zero-order chi connectivity index (χ0) is 14.7. The van der Waals surface area contributed by atoms with Gasteiger partial charge in [0.05, 0.1) is 6.20 Å². The highest BCUT2D eigenvalue weighted by Crippen LogP contribution is 2.18. The molecule has 0 bridgehead atoms. The lowest BCUT2D eigenvalue weighted by Gasteiger charge is -2.22. The van der Waals surface area contributed by atoms with Gasteiger partial charge in [0.1, 0.15) is 12.4 Å². The molecular formula is C16H28N2O. The van der Waals surface area contributed by atoms with Crippen LogP contribution in [-0.2, 0) is 4.74 Å². The fourth-order valence-corrected chi connectivity index (χ4v) is 1.61. The van der Waals surface area contributed by atoms with E-state index in [9.17, 15) is 0 Å². The minimum absolute atomic E-state index is 0.525. The van der Waals surface area contributed by atoms with Gasteiger partial charge in [-0.15, -0.1) is 0 Å². The highest BCUT2D eigenvalue weighted by Gasteiger charge is 2.07. The Kier molecular flexibility index (Phi) is 9.63. The van der Waals surface area contributed by atoms with Crippen molar-refractivity contribution in [3.8, 4) is 0 Å². The van der Waals surface area contributed by atoms with Crippen LogP contribution in [0.15, 0.2) is 48.2 Å². The van der Waals surface area contributed by atoms with Crippen LogP contribution in [0.1, 0.15) is 40.5 Å². The first-order chi connectivity index (χ1) is 9.17. The first-order valence-corrected chi connectivity index (χ1v) is 7.04. The predicted octanol–water partition coefficient (Wildman–Crippen LogP) is 3.92. The van der Waals surface area contributed by atoms with Crippen LogP contribution in [0.4, 0.5) is 0 Å². The first-order valence-electron chi connectivity index (χ1n) is 7.04. The maximum Gasteiger partial charge on any atom is 0.135 e. The van der Waals surface area contributed by atoms with Crippen molar-refractivity contribution < 1.29 is 4.74 Å². The third kappa shape index (κ3) is 6.87. The number of ether oxygens (including phenoxy) is 1. The van der Waals surface area contributed by atoms with E-state index >= 15 is 0 Å². The van der Waals surface area contributed by atoms with Crippen LogP contribution < -0.4 is 5.73 Å². The van der Waals surface area contributed by atoms with Gasteiger partial charge in [-0.2, -0.15) is 0 Å². The Hall–Kier alpha value is -1.48. The molecule has 1 aliphatic rings. The number of nitrogens with zero attached hydrogens (tertiary/aromatic N) is 1. The smallest absolute Gasteiger partial charge is 0.135 e. The molecule has 0 amide bonds. The summed E-state index contributed by atoms with van der Waals surface area (Å²) in [5, 5.41) is 0. The number of hydrogen-bond donors (Lipinski definition) is 1. The first kappa shape index (κ1) is 17.5. The predicted molar refractivity (Wildman–Crippen MR) is 83.2 cm³/mol. The Morgan fingerprint density at radius 3 is 2.68 bits per heavy atom. The summed E-state index contributed by atoms with van der Waals surface area (Å²) in [6.45, 7) is 13.4. The van der Waals surface area contributed by atoms with E-state index in [2.05, 4.69) is 26.6 Å². The van der Waals surface area contributed by atoms with Gasteiger partial charge in [-0.3, -0.25) is 0 Å². The third-order valence-corrected chi connectivity index (χ3v) is 2.43. The molecule has 0 spiro atoms. The van der Waals surface area contributed by atoms with E-state index < -0.39 is 0 Å². The van der Waals surface area contributed by atoms with Gasteiger partial charge in [-0.05, 0) is 25.5 Å². The normalized spacial score (nSPS) is 14.8. The minimum Gasteiger partial charge on any atom is -0.491 e. The standard InChI is InChI=1S/C14H22N2O.C2H6/c1-4-5-12(2)10-16-11-14(17-9-8-15)7-6-13(16)3;1-2/h6-7,10-11H,3-5,8-9,15H2,1-2H3;1-2H3/b12-10-;. The Morgan fingerprint density at radius 2 is 2.11 bits per heavy atom. The Balaban J connectivity index is 0.00000154. The van der Waals surface area contributed by atoms with E-state index in [0.29, 0.717) is 13.2 Å². The summed E-state index contributed by atoms with van der Waals surface area (Å²) in [6.07, 6.45) is 10.1. The van der Waals surface area contributed by atoms with Crippen molar-refractivity contribution in [1.82, 2.24) is 4.90 Å². The Morgan fingerprint density at radius 1 is 1.42 bits per heavy atom. The summed E-state index contributed by atoms with van der Waals surface area (Å²) in [6, 6.07) is 0. The van der Waals surface area contributed by atoms with Crippen molar-refractivity contribution in [2.45, 2.75) is 40.5 Å². The van der Waals surface area contributed by atoms with Gasteiger partial charge in [-0.1, -0.05) is 39.3 Å². The van der Waals surface area contributed by atoms with Gasteiger partial charge in [-0.25, -0.2) is 0 Å². The molecule has 0 fully saturated rings. The Bertz CT molecular complexity index is 354. The molecule has 2 N–H and O–H groups in total. The Labute approximate surface area is 118 Å². The van der Waals surface area contributed by atoms with E-state index in [0.717, 1.165) is 24.3 Å². The zero-order valence-electron chi connectivity index (χ0n) is 12.8. The molecule has 0 saturated heterocycles. The minimum atomic E-state index is 0.525. The second-order valence-electron chi connectivity index (χ2n) is 4.13. The maximum absolute atomic E-state index is 5.49. The van der Waals surface area contributed by atoms with Crippen molar-refractivity contribution in [3.63, 3.8) is 0 Å². The van der Waals surface area contributed by atoms with Crippen LogP contribution in [0.3, 0.4) is 0 Å². The van der Waals surface area contributed by atoms with Crippen molar-refractivity contribution in [2.24, 2.45) is 5.73 Å². The van der Waals surface area contributed by atoms with Gasteiger partial charge in [0.15, 0.2) is 0 Å². The number of hydrogen-bond acceptors (Lipinski definition) is 3. The summed E-state index contributed by atoms with van der Waals surface area (Å²) < 4.78 is 5.49. The van der Waals surface area contributed by atoms with E-state index in [1.807, 2.05) is 37.1 Å². The van der Waals surface area contributed by atoms with Gasteiger partial charge >= 0.3 is 0 Å². The SMILES string of the molecule is C=C1C=CC(OCCN)=CN1/C=C(/C)CCC.CC. The molecule has 0 aromatic heterocycles. The van der Waals surface area contributed by atoms with E-state index in [-0.39, 0.29) is 0 Å². The average Bonchev–Trinajstić information content (AvgIpc) is 2.42. The zero-order valence-corrected chi connectivity index (χ0v) is 12.8. The summed E-state index contributed by atoms with van der Waals surface area (Å²) in [4.78, 5) is 2.00. The van der Waals surface area contributed by atoms with Crippen LogP contribution in [0.25, 0.3) is 0 Å².